The maximum absolute atomic E-state index is 10.2. The van der Waals surface area contributed by atoms with Gasteiger partial charge in [0.15, 0.2) is 0 Å². The maximum Gasteiger partial charge on any atom is 0.135 e. The Hall–Kier alpha value is -0.540. The summed E-state index contributed by atoms with van der Waals surface area (Å²) in [6, 6.07) is 3.89. The van der Waals surface area contributed by atoms with Crippen LogP contribution in [0.25, 0.3) is 0 Å². The van der Waals surface area contributed by atoms with Crippen molar-refractivity contribution in [3.8, 4) is 5.75 Å². The van der Waals surface area contributed by atoms with Gasteiger partial charge in [0.05, 0.1) is 4.47 Å². The minimum absolute atomic E-state index is 0.324. The molecule has 1 aliphatic carbocycles. The van der Waals surface area contributed by atoms with Gasteiger partial charge in [-0.25, -0.2) is 0 Å². The Bertz CT molecular complexity index is 397. The van der Waals surface area contributed by atoms with Gasteiger partial charge < -0.3 is 10.8 Å². The summed E-state index contributed by atoms with van der Waals surface area (Å²) >= 11 is 3.37. The number of hydrogen-bond donors (Lipinski definition) is 2. The molecule has 0 bridgehead atoms. The summed E-state index contributed by atoms with van der Waals surface area (Å²) in [5.41, 5.74) is 8.15. The Morgan fingerprint density at radius 2 is 1.88 bits per heavy atom. The molecule has 2 rings (SSSR count). The summed E-state index contributed by atoms with van der Waals surface area (Å²) in [6.07, 6.45) is 5.51. The summed E-state index contributed by atoms with van der Waals surface area (Å²) in [5.74, 6) is 0.324. The number of benzene rings is 1. The van der Waals surface area contributed by atoms with Crippen LogP contribution in [0.3, 0.4) is 0 Å². The predicted octanol–water partition coefficient (Wildman–Crippen LogP) is 3.58. The monoisotopic (exact) mass is 283 g/mol. The zero-order valence-electron chi connectivity index (χ0n) is 9.59. The standard InChI is InChI=1S/C13H18BrNO/c1-9-5-6-10(14)12(16)11(9)13(15)7-3-2-4-8-13/h5-6,16H,2-4,7-8,15H2,1H3. The molecule has 3 N–H and O–H groups in total. The highest BCUT2D eigenvalue weighted by atomic mass is 79.9. The quantitative estimate of drug-likeness (QED) is 0.828. The first-order chi connectivity index (χ1) is 7.54. The average Bonchev–Trinajstić information content (AvgIpc) is 2.25. The lowest BCUT2D eigenvalue weighted by Gasteiger charge is -2.35. The molecule has 2 nitrogen and oxygen atoms in total. The Kier molecular flexibility index (Phi) is 3.27. The lowest BCUT2D eigenvalue weighted by Crippen LogP contribution is -2.39. The van der Waals surface area contributed by atoms with Gasteiger partial charge in [-0.3, -0.25) is 0 Å². The number of aryl methyl sites for hydroxylation is 1. The van der Waals surface area contributed by atoms with E-state index < -0.39 is 0 Å². The number of aromatic hydroxyl groups is 1. The Balaban J connectivity index is 2.49. The van der Waals surface area contributed by atoms with Crippen LogP contribution in [0, 0.1) is 6.92 Å². The highest BCUT2D eigenvalue weighted by molar-refractivity contribution is 9.10. The van der Waals surface area contributed by atoms with E-state index in [2.05, 4.69) is 15.9 Å². The minimum atomic E-state index is -0.337. The zero-order valence-corrected chi connectivity index (χ0v) is 11.2. The third-order valence-electron chi connectivity index (χ3n) is 3.58. The second kappa shape index (κ2) is 4.38. The molecule has 0 atom stereocenters. The fourth-order valence-corrected chi connectivity index (χ4v) is 3.06. The topological polar surface area (TPSA) is 46.2 Å². The molecule has 0 radical (unpaired) electrons. The molecule has 0 aromatic heterocycles. The van der Waals surface area contributed by atoms with Crippen LogP contribution in [-0.2, 0) is 5.54 Å². The molecular weight excluding hydrogens is 266 g/mol. The molecular formula is C13H18BrNO. The van der Waals surface area contributed by atoms with Crippen molar-refractivity contribution < 1.29 is 5.11 Å². The molecule has 3 heteroatoms. The van der Waals surface area contributed by atoms with Gasteiger partial charge in [-0.1, -0.05) is 25.3 Å². The van der Waals surface area contributed by atoms with E-state index in [-0.39, 0.29) is 5.54 Å². The van der Waals surface area contributed by atoms with Crippen molar-refractivity contribution in [2.45, 2.75) is 44.6 Å². The largest absolute Gasteiger partial charge is 0.506 e. The van der Waals surface area contributed by atoms with Gasteiger partial charge in [0.1, 0.15) is 5.75 Å². The van der Waals surface area contributed by atoms with Crippen molar-refractivity contribution in [3.05, 3.63) is 27.7 Å². The van der Waals surface area contributed by atoms with Gasteiger partial charge in [-0.05, 0) is 47.3 Å². The molecule has 1 saturated carbocycles. The number of nitrogens with two attached hydrogens (primary N) is 1. The highest BCUT2D eigenvalue weighted by Gasteiger charge is 2.33. The molecule has 1 aliphatic rings. The van der Waals surface area contributed by atoms with Crippen LogP contribution in [-0.4, -0.2) is 5.11 Å². The summed E-state index contributed by atoms with van der Waals surface area (Å²) in [4.78, 5) is 0. The van der Waals surface area contributed by atoms with E-state index in [1.807, 2.05) is 19.1 Å². The Morgan fingerprint density at radius 1 is 1.25 bits per heavy atom. The fraction of sp³-hybridized carbons (Fsp3) is 0.538. The van der Waals surface area contributed by atoms with Gasteiger partial charge in [0.25, 0.3) is 0 Å². The van der Waals surface area contributed by atoms with E-state index in [4.69, 9.17) is 5.73 Å². The van der Waals surface area contributed by atoms with Gasteiger partial charge >= 0.3 is 0 Å². The van der Waals surface area contributed by atoms with E-state index in [1.54, 1.807) is 0 Å². The number of hydrogen-bond acceptors (Lipinski definition) is 2. The normalized spacial score (nSPS) is 19.7. The first kappa shape index (κ1) is 11.9. The van der Waals surface area contributed by atoms with Crippen LogP contribution in [0.4, 0.5) is 0 Å². The molecule has 1 fully saturated rings. The van der Waals surface area contributed by atoms with Gasteiger partial charge in [-0.15, -0.1) is 0 Å². The maximum atomic E-state index is 10.2. The van der Waals surface area contributed by atoms with Crippen LogP contribution < -0.4 is 5.73 Å². The van der Waals surface area contributed by atoms with E-state index in [0.717, 1.165) is 41.3 Å². The Morgan fingerprint density at radius 3 is 2.50 bits per heavy atom. The molecule has 0 amide bonds. The summed E-state index contributed by atoms with van der Waals surface area (Å²) in [5, 5.41) is 10.2. The smallest absolute Gasteiger partial charge is 0.135 e. The van der Waals surface area contributed by atoms with Crippen LogP contribution in [0.15, 0.2) is 16.6 Å². The van der Waals surface area contributed by atoms with E-state index in [9.17, 15) is 5.11 Å². The van der Waals surface area contributed by atoms with Crippen LogP contribution >= 0.6 is 15.9 Å². The van der Waals surface area contributed by atoms with E-state index in [1.165, 1.54) is 6.42 Å². The van der Waals surface area contributed by atoms with Crippen molar-refractivity contribution >= 4 is 15.9 Å². The number of phenols is 1. The molecule has 88 valence electrons. The van der Waals surface area contributed by atoms with Crippen LogP contribution in [0.1, 0.15) is 43.2 Å². The van der Waals surface area contributed by atoms with Crippen LogP contribution in [0.2, 0.25) is 0 Å². The summed E-state index contributed by atoms with van der Waals surface area (Å²) in [7, 11) is 0. The lowest BCUT2D eigenvalue weighted by molar-refractivity contribution is 0.290. The first-order valence-corrected chi connectivity index (χ1v) is 6.61. The van der Waals surface area contributed by atoms with Crippen LogP contribution in [0.5, 0.6) is 5.75 Å². The van der Waals surface area contributed by atoms with E-state index in [0.29, 0.717) is 5.75 Å². The molecule has 0 unspecified atom stereocenters. The van der Waals surface area contributed by atoms with Crippen molar-refractivity contribution in [1.82, 2.24) is 0 Å². The van der Waals surface area contributed by atoms with Crippen molar-refractivity contribution in [2.75, 3.05) is 0 Å². The third kappa shape index (κ3) is 1.98. The molecule has 16 heavy (non-hydrogen) atoms. The van der Waals surface area contributed by atoms with E-state index >= 15 is 0 Å². The first-order valence-electron chi connectivity index (χ1n) is 5.82. The minimum Gasteiger partial charge on any atom is -0.506 e. The molecule has 0 heterocycles. The second-order valence-electron chi connectivity index (χ2n) is 4.80. The Labute approximate surface area is 105 Å². The molecule has 0 spiro atoms. The van der Waals surface area contributed by atoms with Gasteiger partial charge in [0, 0.05) is 11.1 Å². The number of phenolic OH excluding ortho intramolecular Hbond substituents is 1. The van der Waals surface area contributed by atoms with Crippen molar-refractivity contribution in [1.29, 1.82) is 0 Å². The molecule has 0 aliphatic heterocycles. The summed E-state index contributed by atoms with van der Waals surface area (Å²) in [6.45, 7) is 2.02. The average molecular weight is 284 g/mol. The molecule has 1 aromatic rings. The van der Waals surface area contributed by atoms with Gasteiger partial charge in [-0.2, -0.15) is 0 Å². The second-order valence-corrected chi connectivity index (χ2v) is 5.66. The number of halogens is 1. The molecule has 0 saturated heterocycles. The zero-order chi connectivity index (χ0) is 11.8. The van der Waals surface area contributed by atoms with Crippen molar-refractivity contribution in [2.24, 2.45) is 5.73 Å². The van der Waals surface area contributed by atoms with Gasteiger partial charge in [0.2, 0.25) is 0 Å². The SMILES string of the molecule is Cc1ccc(Br)c(O)c1C1(N)CCCCC1. The summed E-state index contributed by atoms with van der Waals surface area (Å²) < 4.78 is 0.739. The molecule has 1 aromatic carbocycles. The van der Waals surface area contributed by atoms with Crippen molar-refractivity contribution in [3.63, 3.8) is 0 Å². The highest BCUT2D eigenvalue weighted by Crippen LogP contribution is 2.43. The fourth-order valence-electron chi connectivity index (χ4n) is 2.73. The predicted molar refractivity (Wildman–Crippen MR) is 69.5 cm³/mol. The number of rotatable bonds is 1. The third-order valence-corrected chi connectivity index (χ3v) is 4.22. The lowest BCUT2D eigenvalue weighted by atomic mass is 9.75.